The third-order valence-corrected chi connectivity index (χ3v) is 7.60. The number of aromatic hydroxyl groups is 1. The SMILES string of the molecule is CCCCCCc1cc2cc(-c3nc(-c4ccc([N+](=O)[O-])cc4)cs3)/c(=N\Nc3ccc([N+](=O)[O-])cc3)oc2cc1O. The van der Waals surface area contributed by atoms with Gasteiger partial charge in [0, 0.05) is 46.7 Å². The fourth-order valence-electron chi connectivity index (χ4n) is 4.45. The summed E-state index contributed by atoms with van der Waals surface area (Å²) < 4.78 is 6.16. The molecule has 0 unspecified atom stereocenters. The zero-order chi connectivity index (χ0) is 29.6. The molecule has 2 N–H and O–H groups in total. The first-order chi connectivity index (χ1) is 20.3. The van der Waals surface area contributed by atoms with Crippen LogP contribution in [-0.4, -0.2) is 19.9 Å². The Morgan fingerprint density at radius 1 is 0.952 bits per heavy atom. The van der Waals surface area contributed by atoms with Gasteiger partial charge in [0.25, 0.3) is 11.4 Å². The van der Waals surface area contributed by atoms with Crippen LogP contribution in [0.1, 0.15) is 38.2 Å². The molecule has 0 saturated carbocycles. The van der Waals surface area contributed by atoms with Gasteiger partial charge >= 0.3 is 0 Å². The summed E-state index contributed by atoms with van der Waals surface area (Å²) in [5.41, 5.74) is 6.77. The summed E-state index contributed by atoms with van der Waals surface area (Å²) in [6.07, 6.45) is 5.06. The van der Waals surface area contributed by atoms with Gasteiger partial charge in [0.15, 0.2) is 0 Å². The van der Waals surface area contributed by atoms with Crippen LogP contribution in [0.25, 0.3) is 32.8 Å². The number of nitro benzene ring substituents is 2. The smallest absolute Gasteiger partial charge is 0.269 e. The van der Waals surface area contributed by atoms with Crippen molar-refractivity contribution in [2.24, 2.45) is 5.10 Å². The second-order valence-electron chi connectivity index (χ2n) is 9.66. The number of nitro groups is 2. The van der Waals surface area contributed by atoms with Gasteiger partial charge in [-0.05, 0) is 54.8 Å². The fourth-order valence-corrected chi connectivity index (χ4v) is 5.28. The van der Waals surface area contributed by atoms with Crippen molar-refractivity contribution in [1.29, 1.82) is 0 Å². The average Bonchev–Trinajstić information content (AvgIpc) is 3.48. The van der Waals surface area contributed by atoms with Crippen LogP contribution in [0.4, 0.5) is 17.1 Å². The lowest BCUT2D eigenvalue weighted by molar-refractivity contribution is -0.385. The number of hydrogen-bond donors (Lipinski definition) is 2. The van der Waals surface area contributed by atoms with Gasteiger partial charge in [-0.2, -0.15) is 0 Å². The van der Waals surface area contributed by atoms with Crippen LogP contribution in [-0.2, 0) is 6.42 Å². The van der Waals surface area contributed by atoms with E-state index in [0.29, 0.717) is 27.5 Å². The number of hydrogen-bond acceptors (Lipinski definition) is 10. The van der Waals surface area contributed by atoms with E-state index in [1.807, 2.05) is 17.5 Å². The number of fused-ring (bicyclic) bond motifs is 1. The summed E-state index contributed by atoms with van der Waals surface area (Å²) in [6.45, 7) is 2.15. The number of nitrogens with one attached hydrogen (secondary N) is 1. The van der Waals surface area contributed by atoms with Gasteiger partial charge in [-0.3, -0.25) is 25.7 Å². The Kier molecular flexibility index (Phi) is 8.53. The first kappa shape index (κ1) is 28.4. The standard InChI is InChI=1S/C30H27N5O6S/c1-2-3-4-5-6-20-15-21-16-25(30-31-26(18-42-30)19-7-11-23(12-8-19)34(37)38)29(41-28(21)17-27(20)36)33-32-22-9-13-24(14-10-22)35(39)40/h7-18,32,36H,2-6H2,1H3/b33-29+. The third-order valence-electron chi connectivity index (χ3n) is 6.72. The van der Waals surface area contributed by atoms with E-state index in [-0.39, 0.29) is 22.7 Å². The Bertz CT molecular complexity index is 1810. The fraction of sp³-hybridized carbons (Fsp3) is 0.200. The molecule has 2 heterocycles. The molecule has 2 aromatic heterocycles. The van der Waals surface area contributed by atoms with Crippen molar-refractivity contribution in [2.75, 3.05) is 5.43 Å². The summed E-state index contributed by atoms with van der Waals surface area (Å²) in [4.78, 5) is 25.9. The normalized spacial score (nSPS) is 11.6. The molecular formula is C30H27N5O6S. The van der Waals surface area contributed by atoms with Crippen molar-refractivity contribution in [3.05, 3.63) is 103 Å². The van der Waals surface area contributed by atoms with Crippen molar-refractivity contribution in [1.82, 2.24) is 4.98 Å². The zero-order valence-electron chi connectivity index (χ0n) is 22.6. The van der Waals surface area contributed by atoms with E-state index in [0.717, 1.165) is 48.6 Å². The van der Waals surface area contributed by atoms with Gasteiger partial charge in [-0.15, -0.1) is 16.4 Å². The molecule has 0 spiro atoms. The minimum Gasteiger partial charge on any atom is -0.508 e. The summed E-state index contributed by atoms with van der Waals surface area (Å²) >= 11 is 1.37. The summed E-state index contributed by atoms with van der Waals surface area (Å²) in [5, 5.41) is 40.4. The van der Waals surface area contributed by atoms with Crippen LogP contribution in [0, 0.1) is 20.2 Å². The molecule has 0 aliphatic heterocycles. The second-order valence-corrected chi connectivity index (χ2v) is 10.5. The molecule has 0 aliphatic carbocycles. The number of unbranched alkanes of at least 4 members (excludes halogenated alkanes) is 3. The van der Waals surface area contributed by atoms with Gasteiger partial charge in [0.05, 0.1) is 26.8 Å². The number of rotatable bonds is 11. The maximum Gasteiger partial charge on any atom is 0.269 e. The minimum absolute atomic E-state index is 0.00492. The molecule has 0 aliphatic rings. The van der Waals surface area contributed by atoms with Crippen LogP contribution < -0.4 is 11.0 Å². The third kappa shape index (κ3) is 6.44. The molecule has 3 aromatic carbocycles. The molecule has 0 atom stereocenters. The van der Waals surface area contributed by atoms with E-state index in [1.165, 1.54) is 47.7 Å². The maximum atomic E-state index is 11.0. The van der Waals surface area contributed by atoms with Crippen LogP contribution in [0.5, 0.6) is 5.75 Å². The van der Waals surface area contributed by atoms with Crippen molar-refractivity contribution >= 4 is 39.4 Å². The second kappa shape index (κ2) is 12.6. The van der Waals surface area contributed by atoms with Gasteiger partial charge < -0.3 is 9.52 Å². The molecule has 5 aromatic rings. The zero-order valence-corrected chi connectivity index (χ0v) is 23.5. The molecule has 0 radical (unpaired) electrons. The Balaban J connectivity index is 1.55. The summed E-state index contributed by atoms with van der Waals surface area (Å²) in [6, 6.07) is 17.4. The molecule has 5 rings (SSSR count). The highest BCUT2D eigenvalue weighted by Gasteiger charge is 2.15. The number of thiazole rings is 1. The number of non-ortho nitro benzene ring substituents is 2. The van der Waals surface area contributed by atoms with Crippen molar-refractivity contribution in [2.45, 2.75) is 39.0 Å². The van der Waals surface area contributed by atoms with E-state index in [9.17, 15) is 25.3 Å². The van der Waals surface area contributed by atoms with Crippen LogP contribution in [0.2, 0.25) is 0 Å². The van der Waals surface area contributed by atoms with Gasteiger partial charge in [0.1, 0.15) is 16.3 Å². The van der Waals surface area contributed by atoms with Gasteiger partial charge in [0.2, 0.25) is 5.55 Å². The molecule has 0 saturated heterocycles. The number of benzene rings is 3. The Labute approximate surface area is 244 Å². The largest absolute Gasteiger partial charge is 0.508 e. The Hall–Kier alpha value is -5.10. The summed E-state index contributed by atoms with van der Waals surface area (Å²) in [5.74, 6) is 0.152. The highest BCUT2D eigenvalue weighted by Crippen LogP contribution is 2.32. The average molecular weight is 586 g/mol. The number of nitrogens with zero attached hydrogens (tertiary/aromatic N) is 4. The van der Waals surface area contributed by atoms with Crippen LogP contribution >= 0.6 is 11.3 Å². The molecule has 42 heavy (non-hydrogen) atoms. The Morgan fingerprint density at radius 3 is 2.31 bits per heavy atom. The van der Waals surface area contributed by atoms with E-state index in [1.54, 1.807) is 18.2 Å². The predicted molar refractivity (Wildman–Crippen MR) is 161 cm³/mol. The number of phenolic OH excluding ortho intramolecular Hbond substituents is 1. The Morgan fingerprint density at radius 2 is 1.64 bits per heavy atom. The lowest BCUT2D eigenvalue weighted by Crippen LogP contribution is -2.09. The monoisotopic (exact) mass is 585 g/mol. The maximum absolute atomic E-state index is 11.0. The molecule has 0 bridgehead atoms. The highest BCUT2D eigenvalue weighted by atomic mass is 32.1. The molecule has 214 valence electrons. The van der Waals surface area contributed by atoms with Crippen molar-refractivity contribution in [3.8, 4) is 27.6 Å². The number of aromatic nitrogens is 1. The van der Waals surface area contributed by atoms with Gasteiger partial charge in [-0.25, -0.2) is 4.98 Å². The first-order valence-corrected chi connectivity index (χ1v) is 14.2. The predicted octanol–water partition coefficient (Wildman–Crippen LogP) is 7.80. The first-order valence-electron chi connectivity index (χ1n) is 13.4. The minimum atomic E-state index is -0.479. The molecule has 11 nitrogen and oxygen atoms in total. The molecular weight excluding hydrogens is 558 g/mol. The number of phenols is 1. The van der Waals surface area contributed by atoms with Crippen LogP contribution in [0.15, 0.2) is 81.6 Å². The topological polar surface area (TPSA) is 157 Å². The van der Waals surface area contributed by atoms with E-state index in [4.69, 9.17) is 9.40 Å². The highest BCUT2D eigenvalue weighted by molar-refractivity contribution is 7.13. The lowest BCUT2D eigenvalue weighted by Gasteiger charge is -2.08. The summed E-state index contributed by atoms with van der Waals surface area (Å²) in [7, 11) is 0. The van der Waals surface area contributed by atoms with Crippen LogP contribution in [0.3, 0.4) is 0 Å². The van der Waals surface area contributed by atoms with E-state index in [2.05, 4.69) is 17.5 Å². The molecule has 0 amide bonds. The van der Waals surface area contributed by atoms with E-state index >= 15 is 0 Å². The van der Waals surface area contributed by atoms with E-state index < -0.39 is 9.85 Å². The number of aryl methyl sites for hydroxylation is 1. The quantitative estimate of drug-likeness (QED) is 0.0903. The van der Waals surface area contributed by atoms with Gasteiger partial charge in [-0.1, -0.05) is 26.2 Å². The lowest BCUT2D eigenvalue weighted by atomic mass is 10.0. The number of anilines is 1. The van der Waals surface area contributed by atoms with Crippen molar-refractivity contribution < 1.29 is 19.4 Å². The van der Waals surface area contributed by atoms with Crippen molar-refractivity contribution in [3.63, 3.8) is 0 Å². The molecule has 0 fully saturated rings. The molecule has 12 heteroatoms.